The first-order valence-corrected chi connectivity index (χ1v) is 9.19. The molecule has 1 heterocycles. The first-order chi connectivity index (χ1) is 11.7. The molecule has 0 saturated heterocycles. The largest absolute Gasteiger partial charge is 0.481 e. The van der Waals surface area contributed by atoms with Gasteiger partial charge in [0, 0.05) is 6.42 Å². The van der Waals surface area contributed by atoms with Gasteiger partial charge in [0.2, 0.25) is 0 Å². The van der Waals surface area contributed by atoms with Gasteiger partial charge in [-0.25, -0.2) is 14.7 Å². The summed E-state index contributed by atoms with van der Waals surface area (Å²) in [6.07, 6.45) is 12.9. The fourth-order valence-corrected chi connectivity index (χ4v) is 2.79. The highest BCUT2D eigenvalue weighted by Gasteiger charge is 2.26. The van der Waals surface area contributed by atoms with Gasteiger partial charge in [0.15, 0.2) is 0 Å². The summed E-state index contributed by atoms with van der Waals surface area (Å²) in [6.45, 7) is 2.17. The van der Waals surface area contributed by atoms with Crippen molar-refractivity contribution < 1.29 is 29.8 Å². The van der Waals surface area contributed by atoms with Gasteiger partial charge < -0.3 is 5.11 Å². The maximum absolute atomic E-state index is 10.4. The zero-order valence-electron chi connectivity index (χ0n) is 14.7. The van der Waals surface area contributed by atoms with Gasteiger partial charge in [0.25, 0.3) is 0 Å². The van der Waals surface area contributed by atoms with Gasteiger partial charge >= 0.3 is 5.97 Å². The van der Waals surface area contributed by atoms with Gasteiger partial charge in [0.05, 0.1) is 0 Å². The summed E-state index contributed by atoms with van der Waals surface area (Å²) in [5.74, 6) is -0.738. The third-order valence-corrected chi connectivity index (χ3v) is 4.28. The van der Waals surface area contributed by atoms with E-state index >= 15 is 0 Å². The van der Waals surface area contributed by atoms with E-state index in [1.54, 1.807) is 0 Å². The highest BCUT2D eigenvalue weighted by atomic mass is 17.2. The smallest absolute Gasteiger partial charge is 0.303 e. The van der Waals surface area contributed by atoms with E-state index in [2.05, 4.69) is 11.8 Å². The van der Waals surface area contributed by atoms with E-state index in [1.165, 1.54) is 12.8 Å². The van der Waals surface area contributed by atoms with Crippen LogP contribution in [0.3, 0.4) is 0 Å². The number of hydrogen-bond donors (Lipinski definition) is 2. The highest BCUT2D eigenvalue weighted by Crippen LogP contribution is 2.21. The first-order valence-electron chi connectivity index (χ1n) is 9.19. The fraction of sp³-hybridized carbons (Fsp3) is 0.833. The Hall–Kier alpha value is -0.950. The third-order valence-electron chi connectivity index (χ3n) is 4.28. The molecule has 6 heteroatoms. The molecule has 3 atom stereocenters. The summed E-state index contributed by atoms with van der Waals surface area (Å²) in [7, 11) is 0. The fourth-order valence-electron chi connectivity index (χ4n) is 2.79. The summed E-state index contributed by atoms with van der Waals surface area (Å²) in [5, 5.41) is 17.7. The zero-order valence-corrected chi connectivity index (χ0v) is 14.7. The lowest BCUT2D eigenvalue weighted by atomic mass is 10.0. The molecule has 3 unspecified atom stereocenters. The summed E-state index contributed by atoms with van der Waals surface area (Å²) in [5.41, 5.74) is 0. The maximum atomic E-state index is 10.4. The van der Waals surface area contributed by atoms with Crippen LogP contribution in [0.2, 0.25) is 0 Å². The maximum Gasteiger partial charge on any atom is 0.303 e. The van der Waals surface area contributed by atoms with E-state index < -0.39 is 12.1 Å². The van der Waals surface area contributed by atoms with E-state index in [9.17, 15) is 4.79 Å². The number of carboxylic acid groups (broad SMARTS) is 1. The standard InChI is InChI=1S/C18H32O6/c1-2-3-7-10-15-13-14-17(24-23-15)16(22-21)11-8-5-4-6-9-12-18(19)20/h13-17,21H,2-12H2,1H3,(H,19,20). The molecule has 0 aromatic heterocycles. The van der Waals surface area contributed by atoms with E-state index in [-0.39, 0.29) is 18.6 Å². The molecule has 0 fully saturated rings. The van der Waals surface area contributed by atoms with Crippen LogP contribution in [-0.2, 0) is 19.5 Å². The van der Waals surface area contributed by atoms with Gasteiger partial charge in [-0.15, -0.1) is 0 Å². The van der Waals surface area contributed by atoms with Crippen LogP contribution in [0.15, 0.2) is 12.2 Å². The number of aliphatic carboxylic acids is 1. The molecule has 0 bridgehead atoms. The van der Waals surface area contributed by atoms with Crippen LogP contribution >= 0.6 is 0 Å². The molecule has 0 aromatic rings. The number of carbonyl (C=O) groups is 1. The predicted molar refractivity (Wildman–Crippen MR) is 90.5 cm³/mol. The van der Waals surface area contributed by atoms with Crippen molar-refractivity contribution >= 4 is 5.97 Å². The van der Waals surface area contributed by atoms with E-state index in [0.29, 0.717) is 6.42 Å². The Bertz CT molecular complexity index is 357. The predicted octanol–water partition coefficient (Wildman–Crippen LogP) is 4.50. The van der Waals surface area contributed by atoms with Gasteiger partial charge in [-0.3, -0.25) is 10.1 Å². The molecule has 24 heavy (non-hydrogen) atoms. The summed E-state index contributed by atoms with van der Waals surface area (Å²) < 4.78 is 0. The zero-order chi connectivity index (χ0) is 17.6. The second kappa shape index (κ2) is 13.4. The second-order valence-corrected chi connectivity index (χ2v) is 6.42. The van der Waals surface area contributed by atoms with Crippen LogP contribution in [-0.4, -0.2) is 34.6 Å². The summed E-state index contributed by atoms with van der Waals surface area (Å²) in [4.78, 5) is 25.7. The molecule has 0 aromatic carbocycles. The summed E-state index contributed by atoms with van der Waals surface area (Å²) >= 11 is 0. The van der Waals surface area contributed by atoms with Crippen LogP contribution in [0, 0.1) is 0 Å². The van der Waals surface area contributed by atoms with Crippen molar-refractivity contribution in [3.8, 4) is 0 Å². The van der Waals surface area contributed by atoms with Crippen molar-refractivity contribution in [3.63, 3.8) is 0 Å². The number of hydrogen-bond acceptors (Lipinski definition) is 5. The van der Waals surface area contributed by atoms with Crippen LogP contribution in [0.25, 0.3) is 0 Å². The molecule has 1 aliphatic rings. The van der Waals surface area contributed by atoms with Gasteiger partial charge in [-0.1, -0.05) is 64.0 Å². The third kappa shape index (κ3) is 9.37. The average Bonchev–Trinajstić information content (AvgIpc) is 2.58. The molecule has 140 valence electrons. The van der Waals surface area contributed by atoms with E-state index in [4.69, 9.17) is 20.1 Å². The molecule has 6 nitrogen and oxygen atoms in total. The minimum absolute atomic E-state index is 0.0126. The average molecular weight is 344 g/mol. The molecular weight excluding hydrogens is 312 g/mol. The molecule has 0 radical (unpaired) electrons. The SMILES string of the molecule is CCCCCC1C=CC(C(CCCCCCCC(=O)O)OO)OO1. The lowest BCUT2D eigenvalue weighted by molar-refractivity contribution is -0.383. The Morgan fingerprint density at radius 2 is 1.83 bits per heavy atom. The van der Waals surface area contributed by atoms with Crippen LogP contribution in [0.1, 0.15) is 77.6 Å². The van der Waals surface area contributed by atoms with E-state index in [1.807, 2.05) is 12.2 Å². The van der Waals surface area contributed by atoms with Crippen molar-refractivity contribution in [2.45, 2.75) is 95.9 Å². The monoisotopic (exact) mass is 344 g/mol. The Balaban J connectivity index is 2.15. The molecule has 1 rings (SSSR count). The Labute approximate surface area is 144 Å². The van der Waals surface area contributed by atoms with Crippen molar-refractivity contribution in [1.29, 1.82) is 0 Å². The molecule has 0 spiro atoms. The Morgan fingerprint density at radius 1 is 1.08 bits per heavy atom. The molecule has 1 aliphatic heterocycles. The van der Waals surface area contributed by atoms with Crippen LogP contribution in [0.4, 0.5) is 0 Å². The van der Waals surface area contributed by atoms with Crippen molar-refractivity contribution in [2.24, 2.45) is 0 Å². The number of rotatable bonds is 14. The first kappa shape index (κ1) is 21.1. The molecule has 2 N–H and O–H groups in total. The lowest BCUT2D eigenvalue weighted by Gasteiger charge is -2.27. The lowest BCUT2D eigenvalue weighted by Crippen LogP contribution is -2.34. The Kier molecular flexibility index (Phi) is 11.7. The molecule has 0 saturated carbocycles. The van der Waals surface area contributed by atoms with Gasteiger partial charge in [-0.05, 0) is 19.3 Å². The molecular formula is C18H32O6. The second-order valence-electron chi connectivity index (χ2n) is 6.42. The normalized spacial score (nSPS) is 21.8. The van der Waals surface area contributed by atoms with Crippen molar-refractivity contribution in [2.75, 3.05) is 0 Å². The Morgan fingerprint density at radius 3 is 2.46 bits per heavy atom. The number of unbranched alkanes of at least 4 members (excludes halogenated alkanes) is 6. The number of carboxylic acids is 1. The minimum atomic E-state index is -0.738. The van der Waals surface area contributed by atoms with Crippen molar-refractivity contribution in [1.82, 2.24) is 0 Å². The van der Waals surface area contributed by atoms with Gasteiger partial charge in [-0.2, -0.15) is 0 Å². The molecule has 0 aliphatic carbocycles. The van der Waals surface area contributed by atoms with E-state index in [0.717, 1.165) is 44.9 Å². The summed E-state index contributed by atoms with van der Waals surface area (Å²) in [6, 6.07) is 0. The van der Waals surface area contributed by atoms with Crippen molar-refractivity contribution in [3.05, 3.63) is 12.2 Å². The van der Waals surface area contributed by atoms with Crippen LogP contribution < -0.4 is 0 Å². The highest BCUT2D eigenvalue weighted by molar-refractivity contribution is 5.66. The minimum Gasteiger partial charge on any atom is -0.481 e. The molecule has 0 amide bonds. The van der Waals surface area contributed by atoms with Crippen LogP contribution in [0.5, 0.6) is 0 Å². The van der Waals surface area contributed by atoms with Gasteiger partial charge in [0.1, 0.15) is 18.3 Å². The topological polar surface area (TPSA) is 85.2 Å². The quantitative estimate of drug-likeness (QED) is 0.209.